The molecule has 3 heteroatoms. The lowest BCUT2D eigenvalue weighted by Crippen LogP contribution is -1.95. The van der Waals surface area contributed by atoms with Gasteiger partial charge in [0, 0.05) is 6.07 Å². The van der Waals surface area contributed by atoms with Crippen molar-refractivity contribution in [1.82, 2.24) is 0 Å². The van der Waals surface area contributed by atoms with Crippen LogP contribution >= 0.6 is 0 Å². The van der Waals surface area contributed by atoms with Crippen molar-refractivity contribution in [2.45, 2.75) is 32.6 Å². The van der Waals surface area contributed by atoms with E-state index in [2.05, 4.69) is 6.92 Å². The molecule has 0 aliphatic carbocycles. The molecule has 0 aliphatic rings. The van der Waals surface area contributed by atoms with Crippen LogP contribution < -0.4 is 0 Å². The summed E-state index contributed by atoms with van der Waals surface area (Å²) in [5.74, 6) is 0. The molecule has 2 aromatic rings. The second-order valence-corrected chi connectivity index (χ2v) is 4.93. The molecule has 0 aromatic heterocycles. The van der Waals surface area contributed by atoms with Gasteiger partial charge in [-0.3, -0.25) is 10.1 Å². The van der Waals surface area contributed by atoms with Gasteiger partial charge in [-0.25, -0.2) is 0 Å². The zero-order chi connectivity index (χ0) is 14.4. The van der Waals surface area contributed by atoms with Crippen molar-refractivity contribution in [3.63, 3.8) is 0 Å². The number of nitrogens with zero attached hydrogens (tertiary/aromatic N) is 1. The predicted octanol–water partition coefficient (Wildman–Crippen LogP) is 4.99. The van der Waals surface area contributed by atoms with Crippen molar-refractivity contribution in [3.05, 3.63) is 64.2 Å². The Hall–Kier alpha value is -2.16. The van der Waals surface area contributed by atoms with E-state index in [0.29, 0.717) is 5.56 Å². The SMILES string of the molecule is CCCCCc1ccc(-c2ccccc2)c([N+](=O)[O-])c1. The standard InChI is InChI=1S/C17H19NO2/c1-2-3-5-8-14-11-12-16(17(13-14)18(19)20)15-9-6-4-7-10-15/h4,6-7,9-13H,2-3,5,8H2,1H3. The number of hydrogen-bond acceptors (Lipinski definition) is 2. The normalized spacial score (nSPS) is 10.4. The van der Waals surface area contributed by atoms with Gasteiger partial charge < -0.3 is 0 Å². The van der Waals surface area contributed by atoms with E-state index in [1.807, 2.05) is 42.5 Å². The first-order valence-corrected chi connectivity index (χ1v) is 7.05. The zero-order valence-electron chi connectivity index (χ0n) is 11.7. The van der Waals surface area contributed by atoms with Crippen LogP contribution in [0.5, 0.6) is 0 Å². The minimum absolute atomic E-state index is 0.199. The van der Waals surface area contributed by atoms with Crippen molar-refractivity contribution < 1.29 is 4.92 Å². The fourth-order valence-electron chi connectivity index (χ4n) is 2.32. The summed E-state index contributed by atoms with van der Waals surface area (Å²) in [6, 6.07) is 15.1. The van der Waals surface area contributed by atoms with E-state index in [-0.39, 0.29) is 10.6 Å². The molecular weight excluding hydrogens is 250 g/mol. The summed E-state index contributed by atoms with van der Waals surface area (Å²) in [5.41, 5.74) is 2.82. The predicted molar refractivity (Wildman–Crippen MR) is 81.8 cm³/mol. The molecule has 0 bridgehead atoms. The zero-order valence-corrected chi connectivity index (χ0v) is 11.7. The minimum Gasteiger partial charge on any atom is -0.258 e. The van der Waals surface area contributed by atoms with E-state index in [1.165, 1.54) is 0 Å². The Labute approximate surface area is 119 Å². The molecule has 0 atom stereocenters. The molecule has 0 radical (unpaired) electrons. The highest BCUT2D eigenvalue weighted by Gasteiger charge is 2.15. The summed E-state index contributed by atoms with van der Waals surface area (Å²) in [6.07, 6.45) is 4.31. The van der Waals surface area contributed by atoms with E-state index in [1.54, 1.807) is 6.07 Å². The van der Waals surface area contributed by atoms with Crippen LogP contribution in [0.3, 0.4) is 0 Å². The van der Waals surface area contributed by atoms with E-state index >= 15 is 0 Å². The van der Waals surface area contributed by atoms with Crippen LogP contribution in [-0.2, 0) is 6.42 Å². The molecule has 2 rings (SSSR count). The third kappa shape index (κ3) is 3.44. The lowest BCUT2D eigenvalue weighted by Gasteiger charge is -2.06. The monoisotopic (exact) mass is 269 g/mol. The van der Waals surface area contributed by atoms with Crippen molar-refractivity contribution in [2.24, 2.45) is 0 Å². The van der Waals surface area contributed by atoms with Gasteiger partial charge >= 0.3 is 0 Å². The molecule has 20 heavy (non-hydrogen) atoms. The maximum atomic E-state index is 11.3. The Morgan fingerprint density at radius 1 is 1.05 bits per heavy atom. The van der Waals surface area contributed by atoms with Crippen molar-refractivity contribution >= 4 is 5.69 Å². The van der Waals surface area contributed by atoms with E-state index in [4.69, 9.17) is 0 Å². The average molecular weight is 269 g/mol. The van der Waals surface area contributed by atoms with Gasteiger partial charge in [0.15, 0.2) is 0 Å². The van der Waals surface area contributed by atoms with Gasteiger partial charge in [-0.15, -0.1) is 0 Å². The van der Waals surface area contributed by atoms with Crippen LogP contribution in [0.4, 0.5) is 5.69 Å². The molecule has 2 aromatic carbocycles. The van der Waals surface area contributed by atoms with E-state index in [9.17, 15) is 10.1 Å². The molecule has 0 N–H and O–H groups in total. The number of rotatable bonds is 6. The van der Waals surface area contributed by atoms with Crippen LogP contribution in [0.15, 0.2) is 48.5 Å². The summed E-state index contributed by atoms with van der Waals surface area (Å²) >= 11 is 0. The van der Waals surface area contributed by atoms with Gasteiger partial charge in [0.1, 0.15) is 0 Å². The summed E-state index contributed by atoms with van der Waals surface area (Å²) in [6.45, 7) is 2.15. The van der Waals surface area contributed by atoms with Crippen LogP contribution in [0.25, 0.3) is 11.1 Å². The Balaban J connectivity index is 2.32. The molecule has 0 heterocycles. The Morgan fingerprint density at radius 2 is 1.80 bits per heavy atom. The van der Waals surface area contributed by atoms with Gasteiger partial charge in [0.2, 0.25) is 0 Å². The van der Waals surface area contributed by atoms with E-state index < -0.39 is 0 Å². The first kappa shape index (κ1) is 14.3. The van der Waals surface area contributed by atoms with Gasteiger partial charge in [-0.05, 0) is 30.0 Å². The largest absolute Gasteiger partial charge is 0.277 e. The van der Waals surface area contributed by atoms with Crippen molar-refractivity contribution in [1.29, 1.82) is 0 Å². The lowest BCUT2D eigenvalue weighted by atomic mass is 9.99. The van der Waals surface area contributed by atoms with Crippen LogP contribution in [0, 0.1) is 10.1 Å². The number of nitro benzene ring substituents is 1. The number of hydrogen-bond donors (Lipinski definition) is 0. The second kappa shape index (κ2) is 6.85. The van der Waals surface area contributed by atoms with Crippen molar-refractivity contribution in [2.75, 3.05) is 0 Å². The Bertz CT molecular complexity index is 579. The molecule has 0 unspecified atom stereocenters. The average Bonchev–Trinajstić information content (AvgIpc) is 2.48. The number of aryl methyl sites for hydroxylation is 1. The summed E-state index contributed by atoms with van der Waals surface area (Å²) in [5, 5.41) is 11.3. The third-order valence-corrected chi connectivity index (χ3v) is 3.41. The van der Waals surface area contributed by atoms with Crippen LogP contribution in [-0.4, -0.2) is 4.92 Å². The highest BCUT2D eigenvalue weighted by atomic mass is 16.6. The van der Waals surface area contributed by atoms with Crippen molar-refractivity contribution in [3.8, 4) is 11.1 Å². The Morgan fingerprint density at radius 3 is 2.45 bits per heavy atom. The molecule has 0 saturated heterocycles. The molecule has 0 amide bonds. The highest BCUT2D eigenvalue weighted by Crippen LogP contribution is 2.31. The lowest BCUT2D eigenvalue weighted by molar-refractivity contribution is -0.384. The molecule has 104 valence electrons. The number of nitro groups is 1. The van der Waals surface area contributed by atoms with Crippen LogP contribution in [0.2, 0.25) is 0 Å². The first-order valence-electron chi connectivity index (χ1n) is 7.05. The highest BCUT2D eigenvalue weighted by molar-refractivity contribution is 5.73. The molecule has 0 aliphatic heterocycles. The molecule has 3 nitrogen and oxygen atoms in total. The molecule has 0 spiro atoms. The van der Waals surface area contributed by atoms with Gasteiger partial charge in [-0.1, -0.05) is 56.2 Å². The molecular formula is C17H19NO2. The van der Waals surface area contributed by atoms with E-state index in [0.717, 1.165) is 36.8 Å². The topological polar surface area (TPSA) is 43.1 Å². The molecule has 0 fully saturated rings. The summed E-state index contributed by atoms with van der Waals surface area (Å²) in [7, 11) is 0. The quantitative estimate of drug-likeness (QED) is 0.421. The number of unbranched alkanes of at least 4 members (excludes halogenated alkanes) is 2. The first-order chi connectivity index (χ1) is 9.72. The maximum absolute atomic E-state index is 11.3. The smallest absolute Gasteiger partial charge is 0.258 e. The maximum Gasteiger partial charge on any atom is 0.277 e. The second-order valence-electron chi connectivity index (χ2n) is 4.93. The fraction of sp³-hybridized carbons (Fsp3) is 0.294. The summed E-state index contributed by atoms with van der Waals surface area (Å²) < 4.78 is 0. The van der Waals surface area contributed by atoms with Crippen LogP contribution in [0.1, 0.15) is 31.7 Å². The van der Waals surface area contributed by atoms with Gasteiger partial charge in [-0.2, -0.15) is 0 Å². The fourth-order valence-corrected chi connectivity index (χ4v) is 2.32. The Kier molecular flexibility index (Phi) is 4.88. The number of benzene rings is 2. The minimum atomic E-state index is -0.286. The van der Waals surface area contributed by atoms with Gasteiger partial charge in [0.25, 0.3) is 5.69 Å². The molecule has 0 saturated carbocycles. The van der Waals surface area contributed by atoms with Gasteiger partial charge in [0.05, 0.1) is 10.5 Å². The summed E-state index contributed by atoms with van der Waals surface area (Å²) in [4.78, 5) is 11.0. The third-order valence-electron chi connectivity index (χ3n) is 3.41.